The molecule has 22 heavy (non-hydrogen) atoms. The van der Waals surface area contributed by atoms with Crippen LogP contribution in [-0.2, 0) is 6.54 Å². The number of nitrogens with one attached hydrogen (secondary N) is 1. The van der Waals surface area contributed by atoms with Crippen molar-refractivity contribution in [1.29, 1.82) is 0 Å². The van der Waals surface area contributed by atoms with Crippen molar-refractivity contribution < 1.29 is 4.79 Å². The minimum Gasteiger partial charge on any atom is -0.352 e. The molecule has 2 rings (SSSR count). The van der Waals surface area contributed by atoms with Crippen LogP contribution < -0.4 is 5.32 Å². The van der Waals surface area contributed by atoms with Crippen molar-refractivity contribution in [2.75, 3.05) is 11.9 Å². The van der Waals surface area contributed by atoms with Crippen LogP contribution in [0.1, 0.15) is 36.8 Å². The molecule has 0 saturated heterocycles. The molecule has 5 nitrogen and oxygen atoms in total. The summed E-state index contributed by atoms with van der Waals surface area (Å²) in [5, 5.41) is 3.11. The van der Waals surface area contributed by atoms with Crippen LogP contribution in [-0.4, -0.2) is 33.4 Å². The highest BCUT2D eigenvalue weighted by Gasteiger charge is 2.16. The second-order valence-corrected chi connectivity index (χ2v) is 5.37. The minimum absolute atomic E-state index is 0.0828. The Bertz CT molecular complexity index is 613. The molecule has 0 spiro atoms. The van der Waals surface area contributed by atoms with Gasteiger partial charge in [0.15, 0.2) is 0 Å². The third kappa shape index (κ3) is 4.28. The molecule has 0 aliphatic rings. The predicted octanol–water partition coefficient (Wildman–Crippen LogP) is 2.96. The molecule has 1 N–H and O–H groups in total. The van der Waals surface area contributed by atoms with Crippen molar-refractivity contribution >= 4 is 11.9 Å². The summed E-state index contributed by atoms with van der Waals surface area (Å²) in [5.74, 6) is 0.400. The number of aromatic nitrogens is 2. The second-order valence-electron chi connectivity index (χ2n) is 5.37. The highest BCUT2D eigenvalue weighted by atomic mass is 16.2. The van der Waals surface area contributed by atoms with Crippen molar-refractivity contribution in [2.24, 2.45) is 0 Å². The number of carbonyl (C=O) groups is 1. The first-order chi connectivity index (χ1) is 10.6. The molecule has 0 bridgehead atoms. The molecule has 1 amide bonds. The average molecular weight is 298 g/mol. The normalized spacial score (nSPS) is 10.5. The first kappa shape index (κ1) is 15.9. The number of rotatable bonds is 6. The summed E-state index contributed by atoms with van der Waals surface area (Å²) in [6, 6.07) is 11.8. The largest absolute Gasteiger partial charge is 0.352 e. The van der Waals surface area contributed by atoms with Crippen LogP contribution in [0.4, 0.5) is 5.95 Å². The lowest BCUT2D eigenvalue weighted by Gasteiger charge is -2.21. The summed E-state index contributed by atoms with van der Waals surface area (Å²) < 4.78 is 0. The van der Waals surface area contributed by atoms with Gasteiger partial charge in [0.25, 0.3) is 5.91 Å². The molecule has 0 aliphatic carbocycles. The van der Waals surface area contributed by atoms with Gasteiger partial charge in [-0.25, -0.2) is 9.97 Å². The number of benzene rings is 1. The summed E-state index contributed by atoms with van der Waals surface area (Å²) in [6.45, 7) is 7.18. The Balaban J connectivity index is 2.14. The molecule has 116 valence electrons. The SMILES string of the molecule is CCN(Cc1ccccc1)C(=O)c1ccnc(NC(C)C)n1. The maximum absolute atomic E-state index is 12.6. The van der Waals surface area contributed by atoms with Gasteiger partial charge in [0.05, 0.1) is 0 Å². The van der Waals surface area contributed by atoms with Crippen LogP contribution in [0.3, 0.4) is 0 Å². The van der Waals surface area contributed by atoms with E-state index in [4.69, 9.17) is 0 Å². The number of carbonyl (C=O) groups excluding carboxylic acids is 1. The van der Waals surface area contributed by atoms with E-state index in [0.717, 1.165) is 5.56 Å². The van der Waals surface area contributed by atoms with E-state index in [1.54, 1.807) is 17.2 Å². The molecular weight excluding hydrogens is 276 g/mol. The van der Waals surface area contributed by atoms with E-state index in [0.29, 0.717) is 24.7 Å². The Labute approximate surface area is 131 Å². The van der Waals surface area contributed by atoms with E-state index >= 15 is 0 Å². The average Bonchev–Trinajstić information content (AvgIpc) is 2.52. The fraction of sp³-hybridized carbons (Fsp3) is 0.353. The van der Waals surface area contributed by atoms with Gasteiger partial charge in [-0.15, -0.1) is 0 Å². The van der Waals surface area contributed by atoms with Gasteiger partial charge in [0.1, 0.15) is 5.69 Å². The third-order valence-corrected chi connectivity index (χ3v) is 3.18. The zero-order chi connectivity index (χ0) is 15.9. The molecule has 0 fully saturated rings. The summed E-state index contributed by atoms with van der Waals surface area (Å²) in [4.78, 5) is 22.8. The van der Waals surface area contributed by atoms with Gasteiger partial charge < -0.3 is 10.2 Å². The van der Waals surface area contributed by atoms with Crippen LogP contribution in [0.2, 0.25) is 0 Å². The van der Waals surface area contributed by atoms with Crippen molar-refractivity contribution in [3.8, 4) is 0 Å². The quantitative estimate of drug-likeness (QED) is 0.890. The number of anilines is 1. The fourth-order valence-electron chi connectivity index (χ4n) is 2.10. The highest BCUT2D eigenvalue weighted by Crippen LogP contribution is 2.10. The predicted molar refractivity (Wildman–Crippen MR) is 87.6 cm³/mol. The Morgan fingerprint density at radius 2 is 1.95 bits per heavy atom. The zero-order valence-corrected chi connectivity index (χ0v) is 13.3. The smallest absolute Gasteiger partial charge is 0.272 e. The topological polar surface area (TPSA) is 58.1 Å². The summed E-state index contributed by atoms with van der Waals surface area (Å²) >= 11 is 0. The Hall–Kier alpha value is -2.43. The first-order valence-electron chi connectivity index (χ1n) is 7.53. The van der Waals surface area contributed by atoms with Crippen molar-refractivity contribution in [2.45, 2.75) is 33.4 Å². The van der Waals surface area contributed by atoms with Crippen molar-refractivity contribution in [1.82, 2.24) is 14.9 Å². The second kappa shape index (κ2) is 7.54. The van der Waals surface area contributed by atoms with Crippen LogP contribution >= 0.6 is 0 Å². The molecule has 0 saturated carbocycles. The molecule has 1 aromatic carbocycles. The fourth-order valence-corrected chi connectivity index (χ4v) is 2.10. The maximum atomic E-state index is 12.6. The number of amides is 1. The molecule has 0 radical (unpaired) electrons. The van der Waals surface area contributed by atoms with Crippen LogP contribution in [0, 0.1) is 0 Å². The third-order valence-electron chi connectivity index (χ3n) is 3.18. The number of hydrogen-bond acceptors (Lipinski definition) is 4. The lowest BCUT2D eigenvalue weighted by Crippen LogP contribution is -2.31. The Kier molecular flexibility index (Phi) is 5.47. The van der Waals surface area contributed by atoms with E-state index < -0.39 is 0 Å². The van der Waals surface area contributed by atoms with Crippen molar-refractivity contribution in [3.63, 3.8) is 0 Å². The van der Waals surface area contributed by atoms with Crippen LogP contribution in [0.15, 0.2) is 42.6 Å². The zero-order valence-electron chi connectivity index (χ0n) is 13.3. The summed E-state index contributed by atoms with van der Waals surface area (Å²) in [5.41, 5.74) is 1.52. The van der Waals surface area contributed by atoms with E-state index in [1.807, 2.05) is 51.1 Å². The van der Waals surface area contributed by atoms with Gasteiger partial charge in [-0.2, -0.15) is 0 Å². The number of nitrogens with zero attached hydrogens (tertiary/aromatic N) is 3. The Morgan fingerprint density at radius 1 is 1.23 bits per heavy atom. The van der Waals surface area contributed by atoms with Gasteiger partial charge in [0.2, 0.25) is 5.95 Å². The molecule has 0 aliphatic heterocycles. The maximum Gasteiger partial charge on any atom is 0.272 e. The molecule has 0 atom stereocenters. The van der Waals surface area contributed by atoms with Crippen LogP contribution in [0.25, 0.3) is 0 Å². The molecule has 2 aromatic rings. The summed E-state index contributed by atoms with van der Waals surface area (Å²) in [7, 11) is 0. The van der Waals surface area contributed by atoms with Gasteiger partial charge in [-0.3, -0.25) is 4.79 Å². The molecule has 0 unspecified atom stereocenters. The molecular formula is C17H22N4O. The van der Waals surface area contributed by atoms with E-state index in [9.17, 15) is 4.79 Å². The highest BCUT2D eigenvalue weighted by molar-refractivity contribution is 5.92. The Morgan fingerprint density at radius 3 is 2.59 bits per heavy atom. The van der Waals surface area contributed by atoms with E-state index in [-0.39, 0.29) is 11.9 Å². The number of hydrogen-bond donors (Lipinski definition) is 1. The molecule has 5 heteroatoms. The van der Waals surface area contributed by atoms with E-state index in [1.165, 1.54) is 0 Å². The molecule has 1 aromatic heterocycles. The van der Waals surface area contributed by atoms with Gasteiger partial charge in [0, 0.05) is 25.3 Å². The van der Waals surface area contributed by atoms with Crippen LogP contribution in [0.5, 0.6) is 0 Å². The summed E-state index contributed by atoms with van der Waals surface area (Å²) in [6.07, 6.45) is 1.61. The van der Waals surface area contributed by atoms with E-state index in [2.05, 4.69) is 15.3 Å². The lowest BCUT2D eigenvalue weighted by atomic mass is 10.2. The van der Waals surface area contributed by atoms with Gasteiger partial charge in [-0.05, 0) is 32.4 Å². The molecule has 1 heterocycles. The first-order valence-corrected chi connectivity index (χ1v) is 7.53. The minimum atomic E-state index is -0.0828. The van der Waals surface area contributed by atoms with Gasteiger partial charge >= 0.3 is 0 Å². The standard InChI is InChI=1S/C17H22N4O/c1-4-21(12-14-8-6-5-7-9-14)16(22)15-10-11-18-17(20-15)19-13(2)3/h5-11,13H,4,12H2,1-3H3,(H,18,19,20). The van der Waals surface area contributed by atoms with Crippen molar-refractivity contribution in [3.05, 3.63) is 53.9 Å². The lowest BCUT2D eigenvalue weighted by molar-refractivity contribution is 0.0746. The monoisotopic (exact) mass is 298 g/mol. The van der Waals surface area contributed by atoms with Gasteiger partial charge in [-0.1, -0.05) is 30.3 Å².